The van der Waals surface area contributed by atoms with Gasteiger partial charge in [-0.05, 0) is 33.3 Å². The number of rotatable bonds is 5. The first-order valence-corrected chi connectivity index (χ1v) is 7.73. The van der Waals surface area contributed by atoms with E-state index in [4.69, 9.17) is 16.3 Å². The van der Waals surface area contributed by atoms with E-state index in [1.54, 1.807) is 7.11 Å². The van der Waals surface area contributed by atoms with Crippen LogP contribution in [0.4, 0.5) is 0 Å². The number of aromatic nitrogens is 2. The van der Waals surface area contributed by atoms with Crippen molar-refractivity contribution in [3.63, 3.8) is 0 Å². The number of benzene rings is 1. The third kappa shape index (κ3) is 3.24. The second kappa shape index (κ2) is 6.52. The maximum atomic E-state index is 6.42. The average Bonchev–Trinajstić information content (AvgIpc) is 2.73. The van der Waals surface area contributed by atoms with Crippen LogP contribution in [0.1, 0.15) is 46.8 Å². The van der Waals surface area contributed by atoms with E-state index < -0.39 is 0 Å². The van der Waals surface area contributed by atoms with Crippen LogP contribution in [-0.2, 0) is 6.54 Å². The van der Waals surface area contributed by atoms with E-state index in [0.717, 1.165) is 34.7 Å². The Hall–Kier alpha value is -1.48. The lowest BCUT2D eigenvalue weighted by atomic mass is 10.1. The highest BCUT2D eigenvalue weighted by Gasteiger charge is 2.18. The summed E-state index contributed by atoms with van der Waals surface area (Å²) in [6.07, 6.45) is 0.905. The number of hydrogen-bond acceptors (Lipinski definition) is 2. The Bertz CT molecular complexity index is 634. The van der Waals surface area contributed by atoms with Crippen molar-refractivity contribution in [2.75, 3.05) is 7.11 Å². The zero-order valence-corrected chi connectivity index (χ0v) is 14.2. The summed E-state index contributed by atoms with van der Waals surface area (Å²) < 4.78 is 7.47. The normalized spacial score (nSPS) is 12.5. The van der Waals surface area contributed by atoms with Crippen molar-refractivity contribution in [2.24, 2.45) is 0 Å². The van der Waals surface area contributed by atoms with Gasteiger partial charge in [0.25, 0.3) is 0 Å². The van der Waals surface area contributed by atoms with Crippen LogP contribution < -0.4 is 4.74 Å². The van der Waals surface area contributed by atoms with Crippen molar-refractivity contribution >= 4 is 11.6 Å². The third-order valence-electron chi connectivity index (χ3n) is 3.87. The van der Waals surface area contributed by atoms with Crippen molar-refractivity contribution in [1.82, 2.24) is 9.78 Å². The van der Waals surface area contributed by atoms with Gasteiger partial charge in [-0.15, -0.1) is 11.6 Å². The summed E-state index contributed by atoms with van der Waals surface area (Å²) in [5, 5.41) is 4.68. The highest BCUT2D eigenvalue weighted by atomic mass is 35.5. The summed E-state index contributed by atoms with van der Waals surface area (Å²) in [6, 6.07) is 6.21. The molecule has 0 aliphatic heterocycles. The molecule has 0 spiro atoms. The van der Waals surface area contributed by atoms with Crippen LogP contribution in [0.15, 0.2) is 18.2 Å². The van der Waals surface area contributed by atoms with Gasteiger partial charge in [-0.3, -0.25) is 4.68 Å². The molecule has 0 aliphatic carbocycles. The standard InChI is InChI=1S/C17H23ClN2O/c1-6-15(18)17-12(3)19-20(13(17)4)10-14-9-11(2)7-8-16(14)21-5/h7-9,15H,6,10H2,1-5H3. The van der Waals surface area contributed by atoms with Crippen LogP contribution in [0.2, 0.25) is 0 Å². The van der Waals surface area contributed by atoms with Crippen molar-refractivity contribution in [3.05, 3.63) is 46.3 Å². The fraction of sp³-hybridized carbons (Fsp3) is 0.471. The average molecular weight is 307 g/mol. The molecule has 4 heteroatoms. The summed E-state index contributed by atoms with van der Waals surface area (Å²) in [5.74, 6) is 0.896. The zero-order valence-electron chi connectivity index (χ0n) is 13.4. The predicted molar refractivity (Wildman–Crippen MR) is 87.4 cm³/mol. The molecule has 2 rings (SSSR count). The minimum absolute atomic E-state index is 0.0261. The molecule has 0 aliphatic rings. The highest BCUT2D eigenvalue weighted by Crippen LogP contribution is 2.30. The van der Waals surface area contributed by atoms with E-state index in [0.29, 0.717) is 6.54 Å². The Kier molecular flexibility index (Phi) is 4.94. The summed E-state index contributed by atoms with van der Waals surface area (Å²) in [7, 11) is 1.70. The van der Waals surface area contributed by atoms with Crippen LogP contribution in [0.25, 0.3) is 0 Å². The van der Waals surface area contributed by atoms with Crippen molar-refractivity contribution in [1.29, 1.82) is 0 Å². The molecule has 2 aromatic rings. The van der Waals surface area contributed by atoms with Gasteiger partial charge < -0.3 is 4.74 Å². The minimum atomic E-state index is 0.0261. The molecule has 3 nitrogen and oxygen atoms in total. The Morgan fingerprint density at radius 1 is 1.29 bits per heavy atom. The molecule has 0 radical (unpaired) electrons. The monoisotopic (exact) mass is 306 g/mol. The quantitative estimate of drug-likeness (QED) is 0.757. The first kappa shape index (κ1) is 15.9. The van der Waals surface area contributed by atoms with E-state index in [1.165, 1.54) is 5.56 Å². The third-order valence-corrected chi connectivity index (χ3v) is 4.39. The number of halogens is 1. The summed E-state index contributed by atoms with van der Waals surface area (Å²) in [5.41, 5.74) is 5.67. The van der Waals surface area contributed by atoms with Crippen molar-refractivity contribution in [2.45, 2.75) is 46.0 Å². The highest BCUT2D eigenvalue weighted by molar-refractivity contribution is 6.20. The van der Waals surface area contributed by atoms with Gasteiger partial charge >= 0.3 is 0 Å². The Morgan fingerprint density at radius 3 is 2.62 bits per heavy atom. The van der Waals surface area contributed by atoms with Gasteiger partial charge in [0.2, 0.25) is 0 Å². The lowest BCUT2D eigenvalue weighted by Crippen LogP contribution is -2.06. The molecule has 0 saturated carbocycles. The van der Waals surface area contributed by atoms with Crippen LogP contribution in [0.3, 0.4) is 0 Å². The van der Waals surface area contributed by atoms with Gasteiger partial charge in [-0.25, -0.2) is 0 Å². The topological polar surface area (TPSA) is 27.1 Å². The van der Waals surface area contributed by atoms with E-state index in [9.17, 15) is 0 Å². The van der Waals surface area contributed by atoms with E-state index in [2.05, 4.69) is 38.0 Å². The Balaban J connectivity index is 2.39. The van der Waals surface area contributed by atoms with Gasteiger partial charge in [0.1, 0.15) is 5.75 Å². The molecule has 114 valence electrons. The summed E-state index contributed by atoms with van der Waals surface area (Å²) in [4.78, 5) is 0. The van der Waals surface area contributed by atoms with Gasteiger partial charge in [0, 0.05) is 16.8 Å². The molecule has 1 unspecified atom stereocenters. The van der Waals surface area contributed by atoms with E-state index in [1.807, 2.05) is 17.7 Å². The predicted octanol–water partition coefficient (Wildman–Crippen LogP) is 4.56. The largest absolute Gasteiger partial charge is 0.496 e. The molecule has 0 fully saturated rings. The first-order valence-electron chi connectivity index (χ1n) is 7.29. The van der Waals surface area contributed by atoms with Crippen molar-refractivity contribution in [3.8, 4) is 5.75 Å². The molecule has 0 bridgehead atoms. The first-order chi connectivity index (χ1) is 9.97. The molecule has 1 atom stereocenters. The van der Waals surface area contributed by atoms with E-state index in [-0.39, 0.29) is 5.38 Å². The molecule has 1 aromatic heterocycles. The van der Waals surface area contributed by atoms with Crippen LogP contribution in [0.5, 0.6) is 5.75 Å². The SMILES string of the molecule is CCC(Cl)c1c(C)nn(Cc2cc(C)ccc2OC)c1C. The molecular formula is C17H23ClN2O. The second-order valence-corrected chi connectivity index (χ2v) is 5.96. The number of hydrogen-bond donors (Lipinski definition) is 0. The molecule has 21 heavy (non-hydrogen) atoms. The maximum absolute atomic E-state index is 6.42. The summed E-state index contributed by atoms with van der Waals surface area (Å²) in [6.45, 7) is 8.99. The fourth-order valence-electron chi connectivity index (χ4n) is 2.71. The van der Waals surface area contributed by atoms with Gasteiger partial charge in [0.05, 0.1) is 24.7 Å². The lowest BCUT2D eigenvalue weighted by Gasteiger charge is -2.12. The number of alkyl halides is 1. The van der Waals surface area contributed by atoms with Crippen LogP contribution in [0, 0.1) is 20.8 Å². The number of aryl methyl sites for hydroxylation is 2. The number of ether oxygens (including phenoxy) is 1. The molecular weight excluding hydrogens is 284 g/mol. The molecule has 0 saturated heterocycles. The molecule has 0 N–H and O–H groups in total. The van der Waals surface area contributed by atoms with Gasteiger partial charge in [-0.1, -0.05) is 24.6 Å². The fourth-order valence-corrected chi connectivity index (χ4v) is 3.03. The number of nitrogens with zero attached hydrogens (tertiary/aromatic N) is 2. The molecule has 1 aromatic carbocycles. The lowest BCUT2D eigenvalue weighted by molar-refractivity contribution is 0.407. The second-order valence-electron chi connectivity index (χ2n) is 5.43. The smallest absolute Gasteiger partial charge is 0.123 e. The maximum Gasteiger partial charge on any atom is 0.123 e. The Labute approximate surface area is 131 Å². The molecule has 1 heterocycles. The van der Waals surface area contributed by atoms with E-state index >= 15 is 0 Å². The number of methoxy groups -OCH3 is 1. The van der Waals surface area contributed by atoms with Crippen LogP contribution in [-0.4, -0.2) is 16.9 Å². The Morgan fingerprint density at radius 2 is 2.00 bits per heavy atom. The minimum Gasteiger partial charge on any atom is -0.496 e. The van der Waals surface area contributed by atoms with Gasteiger partial charge in [0.15, 0.2) is 0 Å². The van der Waals surface area contributed by atoms with Gasteiger partial charge in [-0.2, -0.15) is 5.10 Å². The van der Waals surface area contributed by atoms with Crippen molar-refractivity contribution < 1.29 is 4.74 Å². The zero-order chi connectivity index (χ0) is 15.6. The summed E-state index contributed by atoms with van der Waals surface area (Å²) >= 11 is 6.42. The molecule has 0 amide bonds. The van der Waals surface area contributed by atoms with Crippen LogP contribution >= 0.6 is 11.6 Å².